The molecule has 0 spiro atoms. The van der Waals surface area contributed by atoms with Crippen LogP contribution in [0, 0.1) is 27.9 Å². The van der Waals surface area contributed by atoms with E-state index in [0.29, 0.717) is 45.6 Å². The van der Waals surface area contributed by atoms with E-state index in [2.05, 4.69) is 27.6 Å². The lowest BCUT2D eigenvalue weighted by atomic mass is 9.77. The number of aliphatic hydroxyl groups is 4. The van der Waals surface area contributed by atoms with Crippen molar-refractivity contribution in [2.75, 3.05) is 40.8 Å². The monoisotopic (exact) mass is 992 g/mol. The van der Waals surface area contributed by atoms with Gasteiger partial charge in [-0.3, -0.25) is 19.6 Å². The minimum atomic E-state index is -1.81. The molecule has 0 amide bonds. The van der Waals surface area contributed by atoms with E-state index in [0.717, 1.165) is 17.7 Å². The minimum Gasteiger partial charge on any atom is -0.459 e. The molecule has 0 radical (unpaired) electrons. The number of hydrogen-bond donors (Lipinski definition) is 5. The Morgan fingerprint density at radius 3 is 2.31 bits per heavy atom. The molecule has 17 atom stereocenters. The number of aliphatic hydroxyl groups excluding tert-OH is 2. The van der Waals surface area contributed by atoms with Crippen LogP contribution in [0.4, 0.5) is 5.69 Å². The number of carbonyl (C=O) groups excluding carboxylic acids is 1. The average molecular weight is 992 g/mol. The summed E-state index contributed by atoms with van der Waals surface area (Å²) >= 11 is 0. The largest absolute Gasteiger partial charge is 0.459 e. The fourth-order valence-electron chi connectivity index (χ4n) is 10.8. The molecule has 3 saturated heterocycles. The van der Waals surface area contributed by atoms with E-state index in [1.54, 1.807) is 51.4 Å². The topological polar surface area (TPSA) is 246 Å². The third-order valence-corrected chi connectivity index (χ3v) is 15.3. The maximum Gasteiger partial charge on any atom is 0.311 e. The van der Waals surface area contributed by atoms with Gasteiger partial charge in [0, 0.05) is 88.9 Å². The van der Waals surface area contributed by atoms with Gasteiger partial charge in [0.05, 0.1) is 58.7 Å². The second-order valence-corrected chi connectivity index (χ2v) is 21.4. The van der Waals surface area contributed by atoms with E-state index in [9.17, 15) is 35.3 Å². The number of aromatic nitrogens is 3. The van der Waals surface area contributed by atoms with Gasteiger partial charge >= 0.3 is 5.97 Å². The highest BCUT2D eigenvalue weighted by molar-refractivity contribution is 5.73. The highest BCUT2D eigenvalue weighted by Crippen LogP contribution is 2.40. The number of methoxy groups -OCH3 is 1. The molecule has 0 aliphatic carbocycles. The number of nitrogens with one attached hydrogen (secondary N) is 1. The molecule has 0 unspecified atom stereocenters. The van der Waals surface area contributed by atoms with Crippen molar-refractivity contribution >= 4 is 11.7 Å². The lowest BCUT2D eigenvalue weighted by molar-refractivity contribution is -0.384. The number of hydrogen-bond acceptors (Lipinski definition) is 18. The molecule has 70 heavy (non-hydrogen) atoms. The Kier molecular flexibility index (Phi) is 20.3. The fraction of sp³-hybridized carbons (Fsp3) is 0.820. The Balaban J connectivity index is 1.35. The van der Waals surface area contributed by atoms with Gasteiger partial charge in [-0.05, 0) is 93.3 Å². The first-order valence-electron chi connectivity index (χ1n) is 25.2. The summed E-state index contributed by atoms with van der Waals surface area (Å²) in [7, 11) is 5.45. The van der Waals surface area contributed by atoms with E-state index < -0.39 is 94.8 Å². The molecule has 398 valence electrons. The summed E-state index contributed by atoms with van der Waals surface area (Å²) in [6.07, 6.45) is -3.35. The summed E-state index contributed by atoms with van der Waals surface area (Å²) < 4.78 is 40.4. The average Bonchev–Trinajstić information content (AvgIpc) is 3.77. The van der Waals surface area contributed by atoms with Crippen LogP contribution < -0.4 is 5.32 Å². The van der Waals surface area contributed by atoms with Gasteiger partial charge in [-0.25, -0.2) is 0 Å². The summed E-state index contributed by atoms with van der Waals surface area (Å²) in [6, 6.07) is 5.98. The lowest BCUT2D eigenvalue weighted by Gasteiger charge is -2.48. The highest BCUT2D eigenvalue weighted by atomic mass is 16.7. The maximum atomic E-state index is 14.5. The Morgan fingerprint density at radius 1 is 0.986 bits per heavy atom. The molecule has 1 aromatic carbocycles. The first-order chi connectivity index (χ1) is 32.8. The molecule has 0 saturated carbocycles. The van der Waals surface area contributed by atoms with E-state index in [4.69, 9.17) is 28.4 Å². The number of cyclic esters (lactones) is 1. The van der Waals surface area contributed by atoms with Crippen LogP contribution in [0.15, 0.2) is 30.5 Å². The van der Waals surface area contributed by atoms with Gasteiger partial charge in [0.25, 0.3) is 5.69 Å². The SMILES string of the molecule is CC[C@H]1OC(=O)[C@H](C)[C@@H](O[C@H]2C[C@@](C)(OC)[C@@H](O)[C@H](C)O2)[C@H](C)[C@@H](O[C@H]2C[C@@H](N(C)CCc3cn(CCNCc4ccc([N+](=O)[O-])cc4)nn3)C[C@@H](C)O2)[C@](C)(O)C[C@@H](C)CN(C)[C@H](C)[C@@H](O)[C@]1(C)O. The molecule has 20 heteroatoms. The molecular formula is C50H85N7O13. The second-order valence-electron chi connectivity index (χ2n) is 21.4. The van der Waals surface area contributed by atoms with Crippen LogP contribution in [0.1, 0.15) is 113 Å². The Morgan fingerprint density at radius 2 is 1.67 bits per heavy atom. The summed E-state index contributed by atoms with van der Waals surface area (Å²) in [5, 5.41) is 70.4. The summed E-state index contributed by atoms with van der Waals surface area (Å²) in [5.74, 6) is -2.50. The van der Waals surface area contributed by atoms with Crippen LogP contribution >= 0.6 is 0 Å². The first kappa shape index (κ1) is 57.6. The number of nitro groups is 1. The second kappa shape index (κ2) is 24.6. The lowest BCUT2D eigenvalue weighted by Crippen LogP contribution is -2.59. The predicted molar refractivity (Wildman–Crippen MR) is 260 cm³/mol. The molecule has 3 aliphatic rings. The van der Waals surface area contributed by atoms with Gasteiger partial charge in [-0.2, -0.15) is 0 Å². The first-order valence-corrected chi connectivity index (χ1v) is 25.2. The van der Waals surface area contributed by atoms with Crippen molar-refractivity contribution in [3.05, 3.63) is 51.8 Å². The van der Waals surface area contributed by atoms with E-state index in [-0.39, 0.29) is 43.0 Å². The van der Waals surface area contributed by atoms with Crippen molar-refractivity contribution in [3.63, 3.8) is 0 Å². The molecular weight excluding hydrogens is 907 g/mol. The van der Waals surface area contributed by atoms with Gasteiger partial charge < -0.3 is 64.0 Å². The van der Waals surface area contributed by atoms with Crippen LogP contribution in [-0.2, 0) is 52.7 Å². The van der Waals surface area contributed by atoms with Gasteiger partial charge in [0.15, 0.2) is 12.6 Å². The van der Waals surface area contributed by atoms with Gasteiger partial charge in [-0.1, -0.05) is 38.1 Å². The molecule has 3 aliphatic heterocycles. The van der Waals surface area contributed by atoms with Crippen molar-refractivity contribution < 1.29 is 58.6 Å². The zero-order chi connectivity index (χ0) is 51.9. The van der Waals surface area contributed by atoms with Crippen LogP contribution in [0.2, 0.25) is 0 Å². The van der Waals surface area contributed by atoms with E-state index in [1.165, 1.54) is 26.2 Å². The quantitative estimate of drug-likeness (QED) is 0.0694. The smallest absolute Gasteiger partial charge is 0.311 e. The molecule has 2 aromatic rings. The number of likely N-dealkylation sites (N-methyl/N-ethyl adjacent to an activating group) is 2. The van der Waals surface area contributed by atoms with Gasteiger partial charge in [-0.15, -0.1) is 5.10 Å². The van der Waals surface area contributed by atoms with Crippen molar-refractivity contribution in [2.24, 2.45) is 17.8 Å². The van der Waals surface area contributed by atoms with Crippen LogP contribution in [0.5, 0.6) is 0 Å². The number of nitrogens with zero attached hydrogens (tertiary/aromatic N) is 6. The number of benzene rings is 1. The number of esters is 1. The standard InChI is InChI=1S/C50H85N7O13/c1-14-40-50(10,62)44(58)34(6)55(12)28-30(2)25-48(8,61)46(32(4)43(33(5)47(60)68-40)69-42-26-49(9,65-13)45(59)35(7)67-42)70-41-24-39(23-31(3)66-41)54(11)21-19-37-29-56(53-52-37)22-20-51-27-36-15-17-38(18-16-36)57(63)64/h15-18,29-35,39-46,51,58-59,61-62H,14,19-28H2,1-13H3/t30-,31-,32+,33-,34-,35+,39+,40-,41+,42+,43+,44-,45+,46-,48-,49-,50-/m1/s1. The summed E-state index contributed by atoms with van der Waals surface area (Å²) in [4.78, 5) is 29.2. The third-order valence-electron chi connectivity index (χ3n) is 15.3. The van der Waals surface area contributed by atoms with Crippen LogP contribution in [0.25, 0.3) is 0 Å². The molecule has 3 fully saturated rings. The number of rotatable bonds is 16. The van der Waals surface area contributed by atoms with E-state index >= 15 is 0 Å². The normalized spacial score (nSPS) is 38.7. The maximum absolute atomic E-state index is 14.5. The minimum absolute atomic E-state index is 0.0467. The van der Waals surface area contributed by atoms with Crippen molar-refractivity contribution in [1.29, 1.82) is 0 Å². The molecule has 4 heterocycles. The summed E-state index contributed by atoms with van der Waals surface area (Å²) in [6.45, 7) is 20.9. The van der Waals surface area contributed by atoms with Crippen molar-refractivity contribution in [1.82, 2.24) is 30.1 Å². The number of non-ortho nitro benzene ring substituents is 1. The molecule has 20 nitrogen and oxygen atoms in total. The fourth-order valence-corrected chi connectivity index (χ4v) is 10.8. The zero-order valence-corrected chi connectivity index (χ0v) is 43.9. The number of nitro benzene ring substituents is 1. The third kappa shape index (κ3) is 14.5. The molecule has 5 N–H and O–H groups in total. The Hall–Kier alpha value is -3.25. The molecule has 1 aromatic heterocycles. The van der Waals surface area contributed by atoms with Gasteiger partial charge in [0.2, 0.25) is 0 Å². The molecule has 5 rings (SSSR count). The number of carbonyl (C=O) groups is 1. The predicted octanol–water partition coefficient (Wildman–Crippen LogP) is 3.83. The Bertz CT molecular complexity index is 1960. The molecule has 0 bridgehead atoms. The van der Waals surface area contributed by atoms with Gasteiger partial charge in [0.1, 0.15) is 23.9 Å². The van der Waals surface area contributed by atoms with E-state index in [1.807, 2.05) is 45.8 Å². The van der Waals surface area contributed by atoms with Crippen LogP contribution in [0.3, 0.4) is 0 Å². The van der Waals surface area contributed by atoms with Crippen LogP contribution in [-0.4, -0.2) is 181 Å². The van der Waals surface area contributed by atoms with Crippen molar-refractivity contribution in [2.45, 2.75) is 205 Å². The highest BCUT2D eigenvalue weighted by Gasteiger charge is 2.52. The summed E-state index contributed by atoms with van der Waals surface area (Å²) in [5.41, 5.74) is -2.50. The Labute approximate surface area is 414 Å². The zero-order valence-electron chi connectivity index (χ0n) is 43.9. The number of ether oxygens (including phenoxy) is 6. The van der Waals surface area contributed by atoms with Crippen molar-refractivity contribution in [3.8, 4) is 0 Å².